The predicted molar refractivity (Wildman–Crippen MR) is 50.0 cm³/mol. The molecule has 0 fully saturated rings. The van der Waals surface area contributed by atoms with E-state index in [9.17, 15) is 4.79 Å². The van der Waals surface area contributed by atoms with Crippen molar-refractivity contribution in [1.82, 2.24) is 0 Å². The molecule has 0 N–H and O–H groups in total. The van der Waals surface area contributed by atoms with Crippen molar-refractivity contribution < 1.29 is 9.53 Å². The third-order valence-corrected chi connectivity index (χ3v) is 1.91. The molecule has 0 saturated carbocycles. The highest BCUT2D eigenvalue weighted by Gasteiger charge is 2.23. The summed E-state index contributed by atoms with van der Waals surface area (Å²) in [6.07, 6.45) is 0. The predicted octanol–water partition coefficient (Wildman–Crippen LogP) is 1.64. The van der Waals surface area contributed by atoms with Gasteiger partial charge in [0.05, 0.1) is 6.54 Å². The van der Waals surface area contributed by atoms with Crippen LogP contribution in [0.4, 0.5) is 0 Å². The maximum Gasteiger partial charge on any atom is 0.363 e. The molecule has 1 aliphatic heterocycles. The monoisotopic (exact) mass is 186 g/mol. The molecule has 0 aromatic rings. The molecule has 0 bridgehead atoms. The Kier molecular flexibility index (Phi) is 2.77. The number of thioether (sulfide) groups is 1. The van der Waals surface area contributed by atoms with E-state index in [4.69, 9.17) is 4.74 Å². The fourth-order valence-electron chi connectivity index (χ4n) is 0.708. The zero-order valence-electron chi connectivity index (χ0n) is 7.46. The SMILES string of the molecule is CC(C)(C)OC(=O)C1=NC[CH]S1. The fraction of sp³-hybridized carbons (Fsp3) is 0.625. The largest absolute Gasteiger partial charge is 0.455 e. The van der Waals surface area contributed by atoms with E-state index < -0.39 is 5.60 Å². The van der Waals surface area contributed by atoms with Crippen LogP contribution in [-0.4, -0.2) is 23.2 Å². The van der Waals surface area contributed by atoms with Gasteiger partial charge in [-0.3, -0.25) is 4.99 Å². The lowest BCUT2D eigenvalue weighted by Gasteiger charge is -2.18. The molecule has 0 spiro atoms. The molecule has 1 heterocycles. The summed E-state index contributed by atoms with van der Waals surface area (Å²) >= 11 is 1.34. The summed E-state index contributed by atoms with van der Waals surface area (Å²) in [7, 11) is 0. The van der Waals surface area contributed by atoms with E-state index in [2.05, 4.69) is 4.99 Å². The van der Waals surface area contributed by atoms with Gasteiger partial charge < -0.3 is 4.74 Å². The molecule has 0 aliphatic carbocycles. The number of carbonyl (C=O) groups is 1. The van der Waals surface area contributed by atoms with E-state index in [1.807, 2.05) is 26.5 Å². The summed E-state index contributed by atoms with van der Waals surface area (Å²) in [5, 5.41) is 0.463. The molecule has 12 heavy (non-hydrogen) atoms. The van der Waals surface area contributed by atoms with Crippen LogP contribution < -0.4 is 0 Å². The summed E-state index contributed by atoms with van der Waals surface area (Å²) in [5.74, 6) is 1.56. The van der Waals surface area contributed by atoms with E-state index in [-0.39, 0.29) is 5.97 Å². The number of esters is 1. The van der Waals surface area contributed by atoms with Crippen LogP contribution in [-0.2, 0) is 9.53 Å². The molecule has 0 amide bonds. The normalized spacial score (nSPS) is 17.4. The molecule has 0 aromatic heterocycles. The Morgan fingerprint density at radius 2 is 2.33 bits per heavy atom. The van der Waals surface area contributed by atoms with Crippen molar-refractivity contribution in [2.24, 2.45) is 4.99 Å². The van der Waals surface area contributed by atoms with Gasteiger partial charge in [0.2, 0.25) is 0 Å². The molecule has 1 radical (unpaired) electrons. The second kappa shape index (κ2) is 3.47. The van der Waals surface area contributed by atoms with Crippen molar-refractivity contribution in [1.29, 1.82) is 0 Å². The lowest BCUT2D eigenvalue weighted by atomic mass is 10.2. The van der Waals surface area contributed by atoms with Crippen LogP contribution in [0.15, 0.2) is 4.99 Å². The molecule has 1 rings (SSSR count). The van der Waals surface area contributed by atoms with Gasteiger partial charge in [-0.1, -0.05) is 11.8 Å². The van der Waals surface area contributed by atoms with Crippen molar-refractivity contribution >= 4 is 22.8 Å². The number of ether oxygens (including phenoxy) is 1. The van der Waals surface area contributed by atoms with Crippen LogP contribution in [0.25, 0.3) is 0 Å². The molecular weight excluding hydrogens is 174 g/mol. The lowest BCUT2D eigenvalue weighted by Crippen LogP contribution is -2.27. The van der Waals surface area contributed by atoms with Gasteiger partial charge in [-0.15, -0.1) is 0 Å². The lowest BCUT2D eigenvalue weighted by molar-refractivity contribution is -0.145. The summed E-state index contributed by atoms with van der Waals surface area (Å²) in [6, 6.07) is 0. The summed E-state index contributed by atoms with van der Waals surface area (Å²) in [6.45, 7) is 6.14. The first-order chi connectivity index (χ1) is 5.49. The minimum absolute atomic E-state index is 0.318. The molecule has 4 heteroatoms. The Morgan fingerprint density at radius 1 is 1.67 bits per heavy atom. The highest BCUT2D eigenvalue weighted by Crippen LogP contribution is 2.19. The van der Waals surface area contributed by atoms with Crippen LogP contribution in [0.2, 0.25) is 0 Å². The minimum atomic E-state index is -0.428. The van der Waals surface area contributed by atoms with Gasteiger partial charge in [0.15, 0.2) is 5.04 Å². The van der Waals surface area contributed by atoms with Gasteiger partial charge in [0.25, 0.3) is 0 Å². The fourth-order valence-corrected chi connectivity index (χ4v) is 1.30. The average Bonchev–Trinajstić information content (AvgIpc) is 2.32. The second-order valence-corrected chi connectivity index (χ2v) is 4.39. The summed E-state index contributed by atoms with van der Waals surface area (Å²) in [5.41, 5.74) is -0.428. The Labute approximate surface area is 76.6 Å². The number of rotatable bonds is 1. The van der Waals surface area contributed by atoms with Crippen LogP contribution >= 0.6 is 11.8 Å². The van der Waals surface area contributed by atoms with Gasteiger partial charge in [-0.25, -0.2) is 4.79 Å². The highest BCUT2D eigenvalue weighted by atomic mass is 32.2. The highest BCUT2D eigenvalue weighted by molar-refractivity contribution is 8.17. The standard InChI is InChI=1S/C8H12NO2S/c1-8(2,3)11-7(10)6-9-4-5-12-6/h5H,4H2,1-3H3. The molecule has 0 aromatic carbocycles. The first-order valence-electron chi connectivity index (χ1n) is 3.75. The Balaban J connectivity index is 2.49. The Hall–Kier alpha value is -0.510. The van der Waals surface area contributed by atoms with Crippen LogP contribution in [0, 0.1) is 5.75 Å². The molecule has 0 saturated heterocycles. The minimum Gasteiger partial charge on any atom is -0.455 e. The van der Waals surface area contributed by atoms with Gasteiger partial charge in [0.1, 0.15) is 5.60 Å². The van der Waals surface area contributed by atoms with Crippen LogP contribution in [0.3, 0.4) is 0 Å². The maximum absolute atomic E-state index is 11.3. The zero-order chi connectivity index (χ0) is 9.19. The van der Waals surface area contributed by atoms with E-state index in [1.54, 1.807) is 0 Å². The summed E-state index contributed by atoms with van der Waals surface area (Å²) < 4.78 is 5.11. The average molecular weight is 186 g/mol. The molecule has 67 valence electrons. The number of hydrogen-bond donors (Lipinski definition) is 0. The number of carbonyl (C=O) groups excluding carboxylic acids is 1. The molecule has 3 nitrogen and oxygen atoms in total. The molecule has 1 aliphatic rings. The Morgan fingerprint density at radius 3 is 2.75 bits per heavy atom. The topological polar surface area (TPSA) is 38.7 Å². The number of aliphatic imine (C=N–C) groups is 1. The van der Waals surface area contributed by atoms with Crippen molar-refractivity contribution in [2.75, 3.05) is 6.54 Å². The van der Waals surface area contributed by atoms with Gasteiger partial charge in [0, 0.05) is 5.75 Å². The van der Waals surface area contributed by atoms with Crippen molar-refractivity contribution in [2.45, 2.75) is 26.4 Å². The van der Waals surface area contributed by atoms with Crippen molar-refractivity contribution in [3.8, 4) is 0 Å². The molecular formula is C8H12NO2S. The first kappa shape index (κ1) is 9.58. The van der Waals surface area contributed by atoms with E-state index >= 15 is 0 Å². The van der Waals surface area contributed by atoms with Crippen molar-refractivity contribution in [3.05, 3.63) is 5.75 Å². The van der Waals surface area contributed by atoms with Gasteiger partial charge in [-0.2, -0.15) is 0 Å². The zero-order valence-corrected chi connectivity index (χ0v) is 8.27. The van der Waals surface area contributed by atoms with E-state index in [1.165, 1.54) is 11.8 Å². The van der Waals surface area contributed by atoms with Crippen molar-refractivity contribution in [3.63, 3.8) is 0 Å². The quantitative estimate of drug-likeness (QED) is 0.584. The second-order valence-electron chi connectivity index (χ2n) is 3.43. The Bertz CT molecular complexity index is 218. The third-order valence-electron chi connectivity index (χ3n) is 1.08. The number of hydrogen-bond acceptors (Lipinski definition) is 4. The van der Waals surface area contributed by atoms with E-state index in [0.717, 1.165) is 0 Å². The molecule has 0 unspecified atom stereocenters. The van der Waals surface area contributed by atoms with Gasteiger partial charge in [-0.05, 0) is 20.8 Å². The summed E-state index contributed by atoms with van der Waals surface area (Å²) in [4.78, 5) is 15.2. The molecule has 0 atom stereocenters. The third kappa shape index (κ3) is 2.85. The van der Waals surface area contributed by atoms with E-state index in [0.29, 0.717) is 11.6 Å². The maximum atomic E-state index is 11.3. The van der Waals surface area contributed by atoms with Crippen LogP contribution in [0.1, 0.15) is 20.8 Å². The van der Waals surface area contributed by atoms with Gasteiger partial charge >= 0.3 is 5.97 Å². The number of nitrogens with zero attached hydrogens (tertiary/aromatic N) is 1. The first-order valence-corrected chi connectivity index (χ1v) is 4.63. The van der Waals surface area contributed by atoms with Crippen LogP contribution in [0.5, 0.6) is 0 Å². The smallest absolute Gasteiger partial charge is 0.363 e.